The van der Waals surface area contributed by atoms with Crippen LogP contribution in [0.25, 0.3) is 0 Å². The van der Waals surface area contributed by atoms with Gasteiger partial charge in [-0.05, 0) is 60.7 Å². The van der Waals surface area contributed by atoms with Crippen LogP contribution in [0.3, 0.4) is 0 Å². The number of aliphatic imine (C=N–C) groups is 1. The molecule has 0 aliphatic carbocycles. The van der Waals surface area contributed by atoms with E-state index in [-0.39, 0.29) is 30.1 Å². The molecule has 3 rings (SSSR count). The van der Waals surface area contributed by atoms with Crippen LogP contribution >= 0.6 is 0 Å². The summed E-state index contributed by atoms with van der Waals surface area (Å²) >= 11 is 0. The number of carbonyl (C=O) groups is 3. The summed E-state index contributed by atoms with van der Waals surface area (Å²) in [6.07, 6.45) is 2.22. The number of likely N-dealkylation sites (tertiary alicyclic amines) is 1. The Morgan fingerprint density at radius 1 is 0.938 bits per heavy atom. The van der Waals surface area contributed by atoms with Gasteiger partial charge in [-0.25, -0.2) is 9.79 Å². The van der Waals surface area contributed by atoms with Crippen LogP contribution in [0.2, 0.25) is 0 Å². The van der Waals surface area contributed by atoms with Crippen molar-refractivity contribution in [3.05, 3.63) is 59.7 Å². The van der Waals surface area contributed by atoms with E-state index in [0.717, 1.165) is 18.4 Å². The highest BCUT2D eigenvalue weighted by Crippen LogP contribution is 2.22. The monoisotopic (exact) mass is 437 g/mol. The molecule has 32 heavy (non-hydrogen) atoms. The molecule has 1 fully saturated rings. The largest absolute Gasteiger partial charge is 0.423 e. The molecular formula is C23H27N5O4. The van der Waals surface area contributed by atoms with Crippen molar-refractivity contribution in [2.75, 3.05) is 13.1 Å². The summed E-state index contributed by atoms with van der Waals surface area (Å²) in [6.45, 7) is 1.27. The summed E-state index contributed by atoms with van der Waals surface area (Å²) in [5, 5.41) is 0. The van der Waals surface area contributed by atoms with Crippen molar-refractivity contribution in [2.24, 2.45) is 28.1 Å². The van der Waals surface area contributed by atoms with E-state index >= 15 is 0 Å². The molecule has 0 bridgehead atoms. The van der Waals surface area contributed by atoms with Crippen molar-refractivity contribution < 1.29 is 19.1 Å². The molecule has 1 saturated heterocycles. The number of hydrogen-bond donors (Lipinski definition) is 3. The topological polar surface area (TPSA) is 154 Å². The number of nitrogens with two attached hydrogens (primary N) is 3. The lowest BCUT2D eigenvalue weighted by Gasteiger charge is -2.31. The Morgan fingerprint density at radius 2 is 1.56 bits per heavy atom. The molecule has 1 aliphatic heterocycles. The van der Waals surface area contributed by atoms with Crippen molar-refractivity contribution in [1.82, 2.24) is 4.90 Å². The summed E-state index contributed by atoms with van der Waals surface area (Å²) in [5.41, 5.74) is 17.6. The van der Waals surface area contributed by atoms with Gasteiger partial charge in [-0.15, -0.1) is 0 Å². The zero-order valence-electron chi connectivity index (χ0n) is 17.7. The standard InChI is InChI=1S/C23H27N5O4/c24-20(29)13-16-9-11-28(12-10-16)21(30)14-15-1-7-19(8-2-15)32-22(31)17-3-5-18(6-4-17)27-23(25)26/h1-8,16H,9-14H2,(H2,24,29)(H4,25,26,27). The molecule has 1 aliphatic rings. The van der Waals surface area contributed by atoms with Gasteiger partial charge in [0.1, 0.15) is 5.75 Å². The Balaban J connectivity index is 1.50. The molecule has 0 saturated carbocycles. The predicted molar refractivity (Wildman–Crippen MR) is 120 cm³/mol. The van der Waals surface area contributed by atoms with Gasteiger partial charge in [-0.2, -0.15) is 0 Å². The molecule has 2 amide bonds. The number of piperidine rings is 1. The highest BCUT2D eigenvalue weighted by Gasteiger charge is 2.23. The van der Waals surface area contributed by atoms with Gasteiger partial charge in [0.05, 0.1) is 17.7 Å². The van der Waals surface area contributed by atoms with E-state index in [2.05, 4.69) is 4.99 Å². The maximum atomic E-state index is 12.6. The lowest BCUT2D eigenvalue weighted by Crippen LogP contribution is -2.40. The van der Waals surface area contributed by atoms with Crippen molar-refractivity contribution in [3.63, 3.8) is 0 Å². The van der Waals surface area contributed by atoms with Gasteiger partial charge < -0.3 is 26.8 Å². The Labute approximate surface area is 186 Å². The number of nitrogens with zero attached hydrogens (tertiary/aromatic N) is 2. The van der Waals surface area contributed by atoms with Gasteiger partial charge in [0.15, 0.2) is 5.96 Å². The maximum Gasteiger partial charge on any atom is 0.343 e. The summed E-state index contributed by atoms with van der Waals surface area (Å²) in [6, 6.07) is 13.2. The predicted octanol–water partition coefficient (Wildman–Crippen LogP) is 1.47. The summed E-state index contributed by atoms with van der Waals surface area (Å²) in [4.78, 5) is 41.6. The molecule has 2 aromatic carbocycles. The van der Waals surface area contributed by atoms with Crippen LogP contribution in [0.4, 0.5) is 5.69 Å². The van der Waals surface area contributed by atoms with E-state index in [1.807, 2.05) is 4.90 Å². The van der Waals surface area contributed by atoms with Gasteiger partial charge in [-0.1, -0.05) is 12.1 Å². The second-order valence-corrected chi connectivity index (χ2v) is 7.79. The minimum atomic E-state index is -0.510. The number of amides is 2. The number of ether oxygens (including phenoxy) is 1. The number of guanidine groups is 1. The van der Waals surface area contributed by atoms with Crippen molar-refractivity contribution >= 4 is 29.4 Å². The number of primary amides is 1. The van der Waals surface area contributed by atoms with Crippen LogP contribution in [0, 0.1) is 5.92 Å². The van der Waals surface area contributed by atoms with Gasteiger partial charge in [0, 0.05) is 19.5 Å². The summed E-state index contributed by atoms with van der Waals surface area (Å²) < 4.78 is 5.38. The molecule has 0 radical (unpaired) electrons. The van der Waals surface area contributed by atoms with E-state index in [9.17, 15) is 14.4 Å². The average Bonchev–Trinajstić information content (AvgIpc) is 2.75. The fourth-order valence-corrected chi connectivity index (χ4v) is 3.62. The third-order valence-corrected chi connectivity index (χ3v) is 5.31. The quantitative estimate of drug-likeness (QED) is 0.258. The minimum absolute atomic E-state index is 0.0353. The van der Waals surface area contributed by atoms with Gasteiger partial charge >= 0.3 is 5.97 Å². The average molecular weight is 438 g/mol. The molecule has 0 aromatic heterocycles. The molecular weight excluding hydrogens is 410 g/mol. The molecule has 2 aromatic rings. The van der Waals surface area contributed by atoms with Crippen LogP contribution < -0.4 is 21.9 Å². The van der Waals surface area contributed by atoms with E-state index < -0.39 is 5.97 Å². The fourth-order valence-electron chi connectivity index (χ4n) is 3.62. The normalized spacial score (nSPS) is 13.9. The Kier molecular flexibility index (Phi) is 7.43. The smallest absolute Gasteiger partial charge is 0.343 e. The Morgan fingerprint density at radius 3 is 2.12 bits per heavy atom. The second-order valence-electron chi connectivity index (χ2n) is 7.79. The molecule has 168 valence electrons. The van der Waals surface area contributed by atoms with Gasteiger partial charge in [0.2, 0.25) is 11.8 Å². The van der Waals surface area contributed by atoms with Crippen molar-refractivity contribution in [2.45, 2.75) is 25.7 Å². The van der Waals surface area contributed by atoms with Crippen LogP contribution in [-0.2, 0) is 16.0 Å². The lowest BCUT2D eigenvalue weighted by atomic mass is 9.93. The molecule has 6 N–H and O–H groups in total. The van der Waals surface area contributed by atoms with Crippen molar-refractivity contribution in [1.29, 1.82) is 0 Å². The van der Waals surface area contributed by atoms with Gasteiger partial charge in [0.25, 0.3) is 0 Å². The van der Waals surface area contributed by atoms with Crippen LogP contribution in [-0.4, -0.2) is 41.7 Å². The summed E-state index contributed by atoms with van der Waals surface area (Å²) in [7, 11) is 0. The number of esters is 1. The van der Waals surface area contributed by atoms with E-state index in [0.29, 0.717) is 36.5 Å². The molecule has 1 heterocycles. The second kappa shape index (κ2) is 10.4. The highest BCUT2D eigenvalue weighted by atomic mass is 16.5. The zero-order chi connectivity index (χ0) is 23.1. The molecule has 0 unspecified atom stereocenters. The Bertz CT molecular complexity index is 990. The minimum Gasteiger partial charge on any atom is -0.423 e. The first-order valence-electron chi connectivity index (χ1n) is 10.4. The first-order valence-corrected chi connectivity index (χ1v) is 10.4. The number of benzene rings is 2. The fraction of sp³-hybridized carbons (Fsp3) is 0.304. The third kappa shape index (κ3) is 6.56. The van der Waals surface area contributed by atoms with Crippen LogP contribution in [0.15, 0.2) is 53.5 Å². The summed E-state index contributed by atoms with van der Waals surface area (Å²) in [5.74, 6) is -0.193. The van der Waals surface area contributed by atoms with Crippen LogP contribution in [0.5, 0.6) is 5.75 Å². The maximum absolute atomic E-state index is 12.6. The number of hydrogen-bond acceptors (Lipinski definition) is 5. The third-order valence-electron chi connectivity index (χ3n) is 5.31. The highest BCUT2D eigenvalue weighted by molar-refractivity contribution is 5.91. The molecule has 9 heteroatoms. The van der Waals surface area contributed by atoms with E-state index in [1.54, 1.807) is 48.5 Å². The Hall–Kier alpha value is -3.88. The van der Waals surface area contributed by atoms with E-state index in [4.69, 9.17) is 21.9 Å². The van der Waals surface area contributed by atoms with Crippen LogP contribution in [0.1, 0.15) is 35.2 Å². The van der Waals surface area contributed by atoms with Crippen molar-refractivity contribution in [3.8, 4) is 5.75 Å². The lowest BCUT2D eigenvalue weighted by molar-refractivity contribution is -0.132. The van der Waals surface area contributed by atoms with E-state index in [1.165, 1.54) is 0 Å². The van der Waals surface area contributed by atoms with Gasteiger partial charge in [-0.3, -0.25) is 9.59 Å². The number of carbonyl (C=O) groups excluding carboxylic acids is 3. The molecule has 0 atom stereocenters. The molecule has 9 nitrogen and oxygen atoms in total. The number of rotatable bonds is 7. The molecule has 0 spiro atoms. The zero-order valence-corrected chi connectivity index (χ0v) is 17.7. The first-order chi connectivity index (χ1) is 15.3. The first kappa shape index (κ1) is 22.8. The SMILES string of the molecule is NC(=O)CC1CCN(C(=O)Cc2ccc(OC(=O)c3ccc(N=C(N)N)cc3)cc2)CC1.